The molecule has 1 amide bonds. The van der Waals surface area contributed by atoms with E-state index in [1.807, 2.05) is 0 Å². The summed E-state index contributed by atoms with van der Waals surface area (Å²) in [5, 5.41) is 11.4. The van der Waals surface area contributed by atoms with Gasteiger partial charge in [-0.2, -0.15) is 0 Å². The first-order chi connectivity index (χ1) is 6.52. The number of amides is 1. The third-order valence-corrected chi connectivity index (χ3v) is 2.76. The van der Waals surface area contributed by atoms with Gasteiger partial charge >= 0.3 is 5.97 Å². The maximum absolute atomic E-state index is 11.4. The zero-order chi connectivity index (χ0) is 10.8. The van der Waals surface area contributed by atoms with E-state index >= 15 is 0 Å². The van der Waals surface area contributed by atoms with E-state index < -0.39 is 17.6 Å². The number of rotatable bonds is 4. The van der Waals surface area contributed by atoms with Gasteiger partial charge in [-0.3, -0.25) is 4.79 Å². The third-order valence-electron chi connectivity index (χ3n) is 2.76. The van der Waals surface area contributed by atoms with Crippen molar-refractivity contribution in [2.75, 3.05) is 0 Å². The van der Waals surface area contributed by atoms with Gasteiger partial charge in [0.1, 0.15) is 5.54 Å². The van der Waals surface area contributed by atoms with E-state index in [0.717, 1.165) is 6.42 Å². The lowest BCUT2D eigenvalue weighted by molar-refractivity contribution is -0.152. The molecule has 0 aromatic rings. The Morgan fingerprint density at radius 3 is 2.43 bits per heavy atom. The number of carbonyl (C=O) groups excluding carboxylic acids is 1. The van der Waals surface area contributed by atoms with Crippen LogP contribution in [0.5, 0.6) is 0 Å². The van der Waals surface area contributed by atoms with Crippen molar-refractivity contribution >= 4 is 11.9 Å². The minimum Gasteiger partial charge on any atom is -0.480 e. The minimum absolute atomic E-state index is 0.366. The zero-order valence-electron chi connectivity index (χ0n) is 8.25. The van der Waals surface area contributed by atoms with Gasteiger partial charge in [-0.05, 0) is 25.7 Å². The molecule has 1 saturated carbocycles. The molecule has 0 heterocycles. The molecule has 1 fully saturated rings. The summed E-state index contributed by atoms with van der Waals surface area (Å²) < 4.78 is 0. The first kappa shape index (κ1) is 11.0. The van der Waals surface area contributed by atoms with Crippen molar-refractivity contribution in [3.8, 4) is 0 Å². The maximum atomic E-state index is 11.4. The van der Waals surface area contributed by atoms with Crippen LogP contribution in [-0.4, -0.2) is 28.6 Å². The van der Waals surface area contributed by atoms with E-state index in [1.54, 1.807) is 6.92 Å². The second-order valence-corrected chi connectivity index (χ2v) is 3.74. The van der Waals surface area contributed by atoms with E-state index in [4.69, 9.17) is 10.8 Å². The van der Waals surface area contributed by atoms with Crippen LogP contribution >= 0.6 is 0 Å². The lowest BCUT2D eigenvalue weighted by atomic mass is 9.76. The molecule has 5 heteroatoms. The van der Waals surface area contributed by atoms with Gasteiger partial charge in [0.25, 0.3) is 0 Å². The molecular weight excluding hydrogens is 184 g/mol. The Morgan fingerprint density at radius 2 is 2.14 bits per heavy atom. The number of hydrogen-bond donors (Lipinski definition) is 3. The molecule has 0 saturated heterocycles. The van der Waals surface area contributed by atoms with Crippen LogP contribution < -0.4 is 11.1 Å². The molecule has 1 atom stereocenters. The summed E-state index contributed by atoms with van der Waals surface area (Å²) in [6, 6.07) is -0.605. The average molecular weight is 200 g/mol. The summed E-state index contributed by atoms with van der Waals surface area (Å²) in [6.45, 7) is 1.79. The quantitative estimate of drug-likeness (QED) is 0.588. The summed E-state index contributed by atoms with van der Waals surface area (Å²) in [5.74, 6) is -1.32. The van der Waals surface area contributed by atoms with Crippen LogP contribution in [0.15, 0.2) is 0 Å². The van der Waals surface area contributed by atoms with Crippen molar-refractivity contribution in [1.29, 1.82) is 0 Å². The summed E-state index contributed by atoms with van der Waals surface area (Å²) in [4.78, 5) is 22.3. The Morgan fingerprint density at radius 1 is 1.57 bits per heavy atom. The van der Waals surface area contributed by atoms with E-state index in [0.29, 0.717) is 19.3 Å². The number of aliphatic carboxylic acids is 1. The molecule has 80 valence electrons. The van der Waals surface area contributed by atoms with Crippen LogP contribution in [0.1, 0.15) is 32.6 Å². The first-order valence-electron chi connectivity index (χ1n) is 4.83. The van der Waals surface area contributed by atoms with Crippen LogP contribution in [0.2, 0.25) is 0 Å². The normalized spacial score (nSPS) is 20.7. The van der Waals surface area contributed by atoms with Gasteiger partial charge in [0, 0.05) is 0 Å². The summed E-state index contributed by atoms with van der Waals surface area (Å²) in [5.41, 5.74) is 4.46. The molecular formula is C9H16N2O3. The Hall–Kier alpha value is -1.10. The zero-order valence-corrected chi connectivity index (χ0v) is 8.25. The summed E-state index contributed by atoms with van der Waals surface area (Å²) >= 11 is 0. The van der Waals surface area contributed by atoms with Gasteiger partial charge in [-0.1, -0.05) is 6.92 Å². The highest BCUT2D eigenvalue weighted by Crippen LogP contribution is 2.32. The Labute approximate surface area is 82.7 Å². The van der Waals surface area contributed by atoms with Crippen molar-refractivity contribution in [3.05, 3.63) is 0 Å². The highest BCUT2D eigenvalue weighted by atomic mass is 16.4. The molecule has 1 aliphatic rings. The predicted molar refractivity (Wildman–Crippen MR) is 50.6 cm³/mol. The molecule has 0 radical (unpaired) electrons. The number of carbonyl (C=O) groups is 2. The lowest BCUT2D eigenvalue weighted by Gasteiger charge is -2.38. The highest BCUT2D eigenvalue weighted by molar-refractivity contribution is 5.90. The molecule has 0 bridgehead atoms. The second-order valence-electron chi connectivity index (χ2n) is 3.74. The molecule has 0 unspecified atom stereocenters. The molecule has 5 nitrogen and oxygen atoms in total. The van der Waals surface area contributed by atoms with Crippen molar-refractivity contribution in [2.45, 2.75) is 44.2 Å². The SMILES string of the molecule is CC[C@@H](N)C(=O)NC1(C(=O)O)CCC1. The molecule has 4 N–H and O–H groups in total. The van der Waals surface area contributed by atoms with E-state index in [-0.39, 0.29) is 5.91 Å². The summed E-state index contributed by atoms with van der Waals surface area (Å²) in [6.07, 6.45) is 2.37. The smallest absolute Gasteiger partial charge is 0.329 e. The standard InChI is InChI=1S/C9H16N2O3/c1-2-6(10)7(12)11-9(8(13)14)4-3-5-9/h6H,2-5,10H2,1H3,(H,11,12)(H,13,14)/t6-/m1/s1. The molecule has 0 spiro atoms. The molecule has 0 aromatic heterocycles. The van der Waals surface area contributed by atoms with E-state index in [2.05, 4.69) is 5.32 Å². The average Bonchev–Trinajstić information content (AvgIpc) is 2.08. The first-order valence-corrected chi connectivity index (χ1v) is 4.83. The lowest BCUT2D eigenvalue weighted by Crippen LogP contribution is -2.61. The van der Waals surface area contributed by atoms with Gasteiger partial charge in [0.15, 0.2) is 0 Å². The van der Waals surface area contributed by atoms with Gasteiger partial charge in [-0.15, -0.1) is 0 Å². The van der Waals surface area contributed by atoms with E-state index in [9.17, 15) is 9.59 Å². The van der Waals surface area contributed by atoms with Crippen molar-refractivity contribution < 1.29 is 14.7 Å². The van der Waals surface area contributed by atoms with Crippen LogP contribution in [0.25, 0.3) is 0 Å². The number of carboxylic acid groups (broad SMARTS) is 1. The fourth-order valence-electron chi connectivity index (χ4n) is 1.44. The number of hydrogen-bond acceptors (Lipinski definition) is 3. The Balaban J connectivity index is 2.57. The topological polar surface area (TPSA) is 92.4 Å². The van der Waals surface area contributed by atoms with Crippen LogP contribution in [-0.2, 0) is 9.59 Å². The maximum Gasteiger partial charge on any atom is 0.329 e. The highest BCUT2D eigenvalue weighted by Gasteiger charge is 2.46. The second kappa shape index (κ2) is 3.96. The minimum atomic E-state index is -1.04. The van der Waals surface area contributed by atoms with Gasteiger partial charge in [0.05, 0.1) is 6.04 Å². The number of nitrogens with one attached hydrogen (secondary N) is 1. The summed E-state index contributed by atoms with van der Waals surface area (Å²) in [7, 11) is 0. The van der Waals surface area contributed by atoms with Crippen LogP contribution in [0, 0.1) is 0 Å². The van der Waals surface area contributed by atoms with Gasteiger partial charge in [0.2, 0.25) is 5.91 Å². The van der Waals surface area contributed by atoms with Crippen LogP contribution in [0.4, 0.5) is 0 Å². The van der Waals surface area contributed by atoms with Crippen molar-refractivity contribution in [3.63, 3.8) is 0 Å². The Kier molecular flexibility index (Phi) is 3.10. The fourth-order valence-corrected chi connectivity index (χ4v) is 1.44. The molecule has 0 aliphatic heterocycles. The molecule has 1 aliphatic carbocycles. The fraction of sp³-hybridized carbons (Fsp3) is 0.778. The van der Waals surface area contributed by atoms with Gasteiger partial charge in [-0.25, -0.2) is 4.79 Å². The predicted octanol–water partition coefficient (Wildman–Crippen LogP) is -0.153. The molecule has 0 aromatic carbocycles. The van der Waals surface area contributed by atoms with Crippen molar-refractivity contribution in [2.24, 2.45) is 5.73 Å². The largest absolute Gasteiger partial charge is 0.480 e. The van der Waals surface area contributed by atoms with Crippen molar-refractivity contribution in [1.82, 2.24) is 5.32 Å². The van der Waals surface area contributed by atoms with E-state index in [1.165, 1.54) is 0 Å². The Bertz CT molecular complexity index is 248. The number of nitrogens with two attached hydrogens (primary N) is 1. The molecule has 1 rings (SSSR count). The molecule has 14 heavy (non-hydrogen) atoms. The number of carboxylic acids is 1. The van der Waals surface area contributed by atoms with Crippen LogP contribution in [0.3, 0.4) is 0 Å². The van der Waals surface area contributed by atoms with Gasteiger partial charge < -0.3 is 16.2 Å². The monoisotopic (exact) mass is 200 g/mol. The third kappa shape index (κ3) is 1.87.